The van der Waals surface area contributed by atoms with Crippen LogP contribution in [0.1, 0.15) is 70.7 Å². The van der Waals surface area contributed by atoms with Crippen molar-refractivity contribution in [2.45, 2.75) is 77.0 Å². The van der Waals surface area contributed by atoms with Gasteiger partial charge < -0.3 is 44.6 Å². The number of carboxylic acids is 1. The Kier molecular flexibility index (Phi) is 14.6. The maximum atomic E-state index is 12.9. The number of aromatic nitrogens is 4. The van der Waals surface area contributed by atoms with Crippen LogP contribution >= 0.6 is 0 Å². The molecule has 14 heteroatoms. The van der Waals surface area contributed by atoms with E-state index in [9.17, 15) is 9.59 Å². The number of hydrogen-bond donors (Lipinski definition) is 4. The van der Waals surface area contributed by atoms with Crippen LogP contribution in [0.2, 0.25) is 0 Å². The summed E-state index contributed by atoms with van der Waals surface area (Å²) in [6.07, 6.45) is 7.87. The van der Waals surface area contributed by atoms with Gasteiger partial charge in [-0.15, -0.1) is 10.2 Å². The number of unbranched alkanes of at least 4 members (excludes halogenated alkanes) is 2. The second kappa shape index (κ2) is 19.7. The third-order valence-electron chi connectivity index (χ3n) is 8.81. The fourth-order valence-electron chi connectivity index (χ4n) is 6.07. The van der Waals surface area contributed by atoms with Gasteiger partial charge in [0.25, 0.3) is 0 Å². The zero-order chi connectivity index (χ0) is 38.2. The lowest BCUT2D eigenvalue weighted by molar-refractivity contribution is -0.142. The van der Waals surface area contributed by atoms with Crippen molar-refractivity contribution in [2.75, 3.05) is 56.8 Å². The smallest absolute Gasteiger partial charge is 0.410 e. The van der Waals surface area contributed by atoms with Crippen LogP contribution in [0.4, 0.5) is 16.2 Å². The van der Waals surface area contributed by atoms with Crippen molar-refractivity contribution in [3.63, 3.8) is 0 Å². The molecule has 0 bridgehead atoms. The fourth-order valence-corrected chi connectivity index (χ4v) is 6.07. The molecule has 4 aromatic rings. The third kappa shape index (κ3) is 12.7. The molecule has 1 fully saturated rings. The van der Waals surface area contributed by atoms with Crippen LogP contribution in [0.3, 0.4) is 0 Å². The first-order valence-electron chi connectivity index (χ1n) is 18.6. The van der Waals surface area contributed by atoms with Crippen molar-refractivity contribution in [3.05, 3.63) is 84.4 Å². The van der Waals surface area contributed by atoms with E-state index >= 15 is 0 Å². The Morgan fingerprint density at radius 1 is 0.870 bits per heavy atom. The van der Waals surface area contributed by atoms with Crippen LogP contribution in [-0.2, 0) is 31.1 Å². The Balaban J connectivity index is 1.13. The topological polar surface area (TPSA) is 173 Å². The summed E-state index contributed by atoms with van der Waals surface area (Å²) in [5.41, 5.74) is 2.69. The first-order valence-corrected chi connectivity index (χ1v) is 18.6. The molecule has 5 rings (SSSR count). The minimum atomic E-state index is -0.959. The van der Waals surface area contributed by atoms with Crippen LogP contribution in [-0.4, -0.2) is 94.0 Å². The number of amides is 1. The summed E-state index contributed by atoms with van der Waals surface area (Å²) in [7, 11) is 0. The number of anilines is 2. The van der Waals surface area contributed by atoms with Gasteiger partial charge in [-0.25, -0.2) is 9.59 Å². The van der Waals surface area contributed by atoms with Crippen LogP contribution in [0.5, 0.6) is 5.75 Å². The van der Waals surface area contributed by atoms with E-state index in [1.165, 1.54) is 0 Å². The molecule has 2 aromatic heterocycles. The molecule has 0 atom stereocenters. The molecule has 54 heavy (non-hydrogen) atoms. The van der Waals surface area contributed by atoms with Crippen molar-refractivity contribution in [2.24, 2.45) is 0 Å². The highest BCUT2D eigenvalue weighted by Gasteiger charge is 2.41. The van der Waals surface area contributed by atoms with Gasteiger partial charge in [-0.1, -0.05) is 18.2 Å². The van der Waals surface area contributed by atoms with Crippen molar-refractivity contribution >= 4 is 23.4 Å². The maximum absolute atomic E-state index is 12.9. The highest BCUT2D eigenvalue weighted by molar-refractivity contribution is 5.69. The number of benzene rings is 2. The third-order valence-corrected chi connectivity index (χ3v) is 8.81. The number of nitrogens with one attached hydrogen (secondary N) is 3. The van der Waals surface area contributed by atoms with Crippen LogP contribution in [0.25, 0.3) is 11.4 Å². The van der Waals surface area contributed by atoms with E-state index in [-0.39, 0.29) is 12.7 Å². The molecule has 0 saturated carbocycles. The van der Waals surface area contributed by atoms with Crippen LogP contribution in [0.15, 0.2) is 73.1 Å². The summed E-state index contributed by atoms with van der Waals surface area (Å²) in [5.74, 6) is 1.24. The number of carboxylic acid groups (broad SMARTS) is 1. The Bertz CT molecular complexity index is 1750. The highest BCUT2D eigenvalue weighted by atomic mass is 16.6. The molecule has 0 radical (unpaired) electrons. The molecule has 3 heterocycles. The number of carbonyl (C=O) groups is 2. The van der Waals surface area contributed by atoms with Gasteiger partial charge in [0.1, 0.15) is 23.5 Å². The highest BCUT2D eigenvalue weighted by Crippen LogP contribution is 2.36. The molecular formula is C40H53N7O7. The van der Waals surface area contributed by atoms with Gasteiger partial charge in [0.2, 0.25) is 0 Å². The summed E-state index contributed by atoms with van der Waals surface area (Å²) in [6, 6.07) is 20.1. The second-order valence-electron chi connectivity index (χ2n) is 14.3. The number of likely N-dealkylation sites (tertiary alicyclic amines) is 1. The number of ether oxygens (including phenoxy) is 4. The van der Waals surface area contributed by atoms with Crippen LogP contribution in [0, 0.1) is 0 Å². The Hall–Kier alpha value is -5.21. The molecule has 1 saturated heterocycles. The molecule has 0 aliphatic carbocycles. The second-order valence-corrected chi connectivity index (χ2v) is 14.3. The van der Waals surface area contributed by atoms with Gasteiger partial charge in [-0.3, -0.25) is 4.98 Å². The van der Waals surface area contributed by atoms with Crippen molar-refractivity contribution in [1.82, 2.24) is 25.1 Å². The number of aliphatic carboxylic acids is 1. The van der Waals surface area contributed by atoms with Gasteiger partial charge in [0, 0.05) is 68.8 Å². The van der Waals surface area contributed by atoms with E-state index in [2.05, 4.69) is 49.0 Å². The normalized spacial score (nSPS) is 14.0. The molecular weight excluding hydrogens is 690 g/mol. The first kappa shape index (κ1) is 40.0. The zero-order valence-electron chi connectivity index (χ0n) is 31.5. The average molecular weight is 744 g/mol. The Morgan fingerprint density at radius 3 is 2.37 bits per heavy atom. The number of carbonyl (C=O) groups excluding carboxylic acids is 1. The van der Waals surface area contributed by atoms with E-state index in [0.29, 0.717) is 77.0 Å². The van der Waals surface area contributed by atoms with Crippen molar-refractivity contribution in [1.29, 1.82) is 0 Å². The molecule has 1 aliphatic heterocycles. The lowest BCUT2D eigenvalue weighted by Crippen LogP contribution is -2.50. The molecule has 2 aromatic carbocycles. The van der Waals surface area contributed by atoms with Gasteiger partial charge in [0.15, 0.2) is 11.6 Å². The minimum absolute atomic E-state index is 0.269. The van der Waals surface area contributed by atoms with Gasteiger partial charge in [-0.2, -0.15) is 0 Å². The standard InChI is InChI=1S/C40H53N7O7/c1-39(2,3)54-38(50)47-20-16-40(17-21-47,37-43-36(45-46-37)31-14-18-41-19-15-31)44-33-12-8-11-32(27-33)42-28-30-10-7-13-34(26-30)53-25-6-4-5-22-51-23-9-24-52-29-35(48)49/h7-8,10-15,18-19,26-27,42,44H,4-6,9,16-17,20-25,28-29H2,1-3H3,(H,48,49)(H,43,45,46). The van der Waals surface area contributed by atoms with Crippen molar-refractivity contribution in [3.8, 4) is 17.1 Å². The lowest BCUT2D eigenvalue weighted by Gasteiger charge is -2.41. The SMILES string of the molecule is CC(C)(C)OC(=O)N1CCC(Nc2cccc(NCc3cccc(OCCCCCOCCCOCC(=O)O)c3)c2)(c2nnc(-c3ccncc3)[nH]2)CC1. The lowest BCUT2D eigenvalue weighted by atomic mass is 9.86. The predicted molar refractivity (Wildman–Crippen MR) is 205 cm³/mol. The maximum Gasteiger partial charge on any atom is 0.410 e. The summed E-state index contributed by atoms with van der Waals surface area (Å²) in [6.45, 7) is 9.20. The Morgan fingerprint density at radius 2 is 1.59 bits per heavy atom. The number of nitrogens with zero attached hydrogens (tertiary/aromatic N) is 4. The van der Waals surface area contributed by atoms with E-state index in [1.54, 1.807) is 17.3 Å². The number of hydrogen-bond acceptors (Lipinski definition) is 11. The summed E-state index contributed by atoms with van der Waals surface area (Å²) >= 11 is 0. The molecule has 14 nitrogen and oxygen atoms in total. The first-order chi connectivity index (χ1) is 26.1. The van der Waals surface area contributed by atoms with E-state index in [4.69, 9.17) is 24.1 Å². The number of aromatic amines is 1. The van der Waals surface area contributed by atoms with E-state index in [1.807, 2.05) is 63.2 Å². The molecule has 0 spiro atoms. The number of piperidine rings is 1. The van der Waals surface area contributed by atoms with E-state index in [0.717, 1.165) is 47.5 Å². The summed E-state index contributed by atoms with van der Waals surface area (Å²) in [5, 5.41) is 25.0. The molecule has 0 unspecified atom stereocenters. The summed E-state index contributed by atoms with van der Waals surface area (Å²) in [4.78, 5) is 32.7. The number of H-pyrrole nitrogens is 1. The van der Waals surface area contributed by atoms with Crippen LogP contribution < -0.4 is 15.4 Å². The average Bonchev–Trinajstić information content (AvgIpc) is 3.66. The molecule has 290 valence electrons. The van der Waals surface area contributed by atoms with Gasteiger partial charge in [-0.05, 0) is 107 Å². The molecule has 1 aliphatic rings. The molecule has 4 N–H and O–H groups in total. The van der Waals surface area contributed by atoms with Crippen molar-refractivity contribution < 1.29 is 33.6 Å². The van der Waals surface area contributed by atoms with E-state index < -0.39 is 17.1 Å². The fraction of sp³-hybridized carbons (Fsp3) is 0.475. The summed E-state index contributed by atoms with van der Waals surface area (Å²) < 4.78 is 22.3. The number of rotatable bonds is 20. The molecule has 1 amide bonds. The van der Waals surface area contributed by atoms with Gasteiger partial charge >= 0.3 is 12.1 Å². The quantitative estimate of drug-likeness (QED) is 0.0693. The zero-order valence-corrected chi connectivity index (χ0v) is 31.5. The number of pyridine rings is 1. The predicted octanol–water partition coefficient (Wildman–Crippen LogP) is 6.87. The monoisotopic (exact) mass is 743 g/mol. The largest absolute Gasteiger partial charge is 0.494 e. The Labute approximate surface area is 317 Å². The van der Waals surface area contributed by atoms with Gasteiger partial charge in [0.05, 0.1) is 6.61 Å². The minimum Gasteiger partial charge on any atom is -0.494 e.